The second-order valence-corrected chi connectivity index (χ2v) is 5.71. The third-order valence-electron chi connectivity index (χ3n) is 3.13. The number of halogens is 1. The van der Waals surface area contributed by atoms with Crippen molar-refractivity contribution in [2.45, 2.75) is 36.7 Å². The van der Waals surface area contributed by atoms with E-state index in [1.165, 1.54) is 30.0 Å². The molecule has 2 rings (SSSR count). The van der Waals surface area contributed by atoms with Crippen LogP contribution in [0.5, 0.6) is 0 Å². The van der Waals surface area contributed by atoms with Gasteiger partial charge < -0.3 is 9.84 Å². The van der Waals surface area contributed by atoms with Crippen molar-refractivity contribution >= 4 is 17.7 Å². The molecular formula is C14H17FO3S. The molecular weight excluding hydrogens is 267 g/mol. The first-order valence-corrected chi connectivity index (χ1v) is 7.42. The molecule has 1 aromatic carbocycles. The lowest BCUT2D eigenvalue weighted by Crippen LogP contribution is -2.04. The molecule has 0 aromatic heterocycles. The topological polar surface area (TPSA) is 46.5 Å². The maximum absolute atomic E-state index is 13.5. The fraction of sp³-hybridized carbons (Fsp3) is 0.500. The van der Waals surface area contributed by atoms with Gasteiger partial charge in [0.25, 0.3) is 0 Å². The molecule has 0 spiro atoms. The van der Waals surface area contributed by atoms with E-state index < -0.39 is 5.97 Å². The highest BCUT2D eigenvalue weighted by atomic mass is 32.2. The summed E-state index contributed by atoms with van der Waals surface area (Å²) >= 11 is 1.37. The largest absolute Gasteiger partial charge is 0.478 e. The van der Waals surface area contributed by atoms with Crippen molar-refractivity contribution in [1.29, 1.82) is 0 Å². The zero-order chi connectivity index (χ0) is 13.7. The molecule has 0 bridgehead atoms. The molecule has 104 valence electrons. The van der Waals surface area contributed by atoms with Gasteiger partial charge in [-0.2, -0.15) is 0 Å². The summed E-state index contributed by atoms with van der Waals surface area (Å²) in [5.74, 6) is -0.604. The number of hydrogen-bond donors (Lipinski definition) is 1. The van der Waals surface area contributed by atoms with E-state index in [0.29, 0.717) is 11.0 Å². The van der Waals surface area contributed by atoms with Crippen LogP contribution in [0.2, 0.25) is 0 Å². The lowest BCUT2D eigenvalue weighted by molar-refractivity contribution is 0.0696. The molecule has 1 N–H and O–H groups in total. The van der Waals surface area contributed by atoms with Gasteiger partial charge in [-0.3, -0.25) is 0 Å². The molecule has 1 saturated heterocycles. The average molecular weight is 284 g/mol. The highest BCUT2D eigenvalue weighted by molar-refractivity contribution is 7.99. The first-order chi connectivity index (χ1) is 9.16. The second kappa shape index (κ2) is 6.91. The molecule has 1 heterocycles. The van der Waals surface area contributed by atoms with Gasteiger partial charge in [0.1, 0.15) is 5.82 Å². The maximum Gasteiger partial charge on any atom is 0.335 e. The van der Waals surface area contributed by atoms with Crippen molar-refractivity contribution in [3.8, 4) is 0 Å². The molecule has 1 fully saturated rings. The van der Waals surface area contributed by atoms with Gasteiger partial charge in [-0.25, -0.2) is 9.18 Å². The van der Waals surface area contributed by atoms with Crippen LogP contribution >= 0.6 is 11.8 Å². The molecule has 1 aliphatic heterocycles. The molecule has 0 saturated carbocycles. The van der Waals surface area contributed by atoms with Gasteiger partial charge in [-0.05, 0) is 49.6 Å². The van der Waals surface area contributed by atoms with Crippen molar-refractivity contribution < 1.29 is 19.0 Å². The third-order valence-corrected chi connectivity index (χ3v) is 4.25. The summed E-state index contributed by atoms with van der Waals surface area (Å²) in [6, 6.07) is 3.90. The summed E-state index contributed by atoms with van der Waals surface area (Å²) in [6.45, 7) is 0.854. The molecule has 0 amide bonds. The molecule has 1 atom stereocenters. The van der Waals surface area contributed by atoms with Crippen LogP contribution in [-0.2, 0) is 4.74 Å². The van der Waals surface area contributed by atoms with Crippen LogP contribution in [0.15, 0.2) is 23.1 Å². The van der Waals surface area contributed by atoms with Crippen LogP contribution in [0.4, 0.5) is 4.39 Å². The molecule has 5 heteroatoms. The minimum absolute atomic E-state index is 0.128. The van der Waals surface area contributed by atoms with Crippen molar-refractivity contribution in [2.24, 2.45) is 0 Å². The SMILES string of the molecule is O=C(O)c1ccc(F)c(SCCCC2CCCO2)c1. The van der Waals surface area contributed by atoms with Crippen LogP contribution in [0.25, 0.3) is 0 Å². The second-order valence-electron chi connectivity index (χ2n) is 4.58. The van der Waals surface area contributed by atoms with Gasteiger partial charge >= 0.3 is 5.97 Å². The van der Waals surface area contributed by atoms with E-state index in [9.17, 15) is 9.18 Å². The summed E-state index contributed by atoms with van der Waals surface area (Å²) in [4.78, 5) is 11.2. The highest BCUT2D eigenvalue weighted by Gasteiger charge is 2.15. The van der Waals surface area contributed by atoms with Crippen molar-refractivity contribution in [2.75, 3.05) is 12.4 Å². The number of carbonyl (C=O) groups is 1. The van der Waals surface area contributed by atoms with E-state index in [-0.39, 0.29) is 11.4 Å². The smallest absolute Gasteiger partial charge is 0.335 e. The summed E-state index contributed by atoms with van der Waals surface area (Å²) < 4.78 is 19.0. The van der Waals surface area contributed by atoms with Crippen molar-refractivity contribution in [3.05, 3.63) is 29.6 Å². The number of ether oxygens (including phenoxy) is 1. The Balaban J connectivity index is 1.81. The zero-order valence-corrected chi connectivity index (χ0v) is 11.4. The van der Waals surface area contributed by atoms with Crippen molar-refractivity contribution in [3.63, 3.8) is 0 Å². The van der Waals surface area contributed by atoms with Crippen LogP contribution in [0.1, 0.15) is 36.0 Å². The fourth-order valence-electron chi connectivity index (χ4n) is 2.11. The van der Waals surface area contributed by atoms with Gasteiger partial charge in [0.05, 0.1) is 11.7 Å². The average Bonchev–Trinajstić information content (AvgIpc) is 2.89. The maximum atomic E-state index is 13.5. The Morgan fingerprint density at radius 1 is 1.53 bits per heavy atom. The Bertz CT molecular complexity index is 444. The van der Waals surface area contributed by atoms with E-state index >= 15 is 0 Å². The fourth-order valence-corrected chi connectivity index (χ4v) is 3.06. The number of hydrogen-bond acceptors (Lipinski definition) is 3. The standard InChI is InChI=1S/C14H17FO3S/c15-12-6-5-10(14(16)17)9-13(12)19-8-2-4-11-3-1-7-18-11/h5-6,9,11H,1-4,7-8H2,(H,16,17). The predicted octanol–water partition coefficient (Wildman–Crippen LogP) is 3.58. The zero-order valence-electron chi connectivity index (χ0n) is 10.6. The number of carboxylic acid groups (broad SMARTS) is 1. The van der Waals surface area contributed by atoms with Gasteiger partial charge in [-0.15, -0.1) is 11.8 Å². The number of carboxylic acids is 1. The highest BCUT2D eigenvalue weighted by Crippen LogP contribution is 2.25. The monoisotopic (exact) mass is 284 g/mol. The molecule has 1 unspecified atom stereocenters. The Labute approximate surface area is 116 Å². The third kappa shape index (κ3) is 4.21. The quantitative estimate of drug-likeness (QED) is 0.640. The molecule has 1 aliphatic rings. The van der Waals surface area contributed by atoms with Gasteiger partial charge in [0, 0.05) is 11.5 Å². The van der Waals surface area contributed by atoms with E-state index in [4.69, 9.17) is 9.84 Å². The van der Waals surface area contributed by atoms with E-state index in [1.54, 1.807) is 0 Å². The summed E-state index contributed by atoms with van der Waals surface area (Å²) in [6.07, 6.45) is 4.55. The van der Waals surface area contributed by atoms with E-state index in [0.717, 1.165) is 38.0 Å². The molecule has 19 heavy (non-hydrogen) atoms. The van der Waals surface area contributed by atoms with Crippen LogP contribution in [0, 0.1) is 5.82 Å². The Kier molecular flexibility index (Phi) is 5.22. The van der Waals surface area contributed by atoms with Gasteiger partial charge in [0.2, 0.25) is 0 Å². The Hall–Kier alpha value is -1.07. The summed E-state index contributed by atoms with van der Waals surface area (Å²) in [5.41, 5.74) is 0.128. The Morgan fingerprint density at radius 2 is 2.37 bits per heavy atom. The predicted molar refractivity (Wildman–Crippen MR) is 72.3 cm³/mol. The number of rotatable bonds is 6. The number of benzene rings is 1. The Morgan fingerprint density at radius 3 is 3.05 bits per heavy atom. The summed E-state index contributed by atoms with van der Waals surface area (Å²) in [5, 5.41) is 8.87. The summed E-state index contributed by atoms with van der Waals surface area (Å²) in [7, 11) is 0. The number of aromatic carboxylic acids is 1. The first-order valence-electron chi connectivity index (χ1n) is 6.44. The lowest BCUT2D eigenvalue weighted by atomic mass is 10.1. The van der Waals surface area contributed by atoms with E-state index in [1.807, 2.05) is 0 Å². The lowest BCUT2D eigenvalue weighted by Gasteiger charge is -2.09. The molecule has 0 aliphatic carbocycles. The first kappa shape index (κ1) is 14.3. The normalized spacial score (nSPS) is 18.7. The molecule has 1 aromatic rings. The van der Waals surface area contributed by atoms with E-state index in [2.05, 4.69) is 0 Å². The minimum Gasteiger partial charge on any atom is -0.478 e. The molecule has 3 nitrogen and oxygen atoms in total. The van der Waals surface area contributed by atoms with Gasteiger partial charge in [-0.1, -0.05) is 0 Å². The number of thioether (sulfide) groups is 1. The van der Waals surface area contributed by atoms with Crippen molar-refractivity contribution in [1.82, 2.24) is 0 Å². The molecule has 0 radical (unpaired) electrons. The minimum atomic E-state index is -1.03. The van der Waals surface area contributed by atoms with Crippen LogP contribution < -0.4 is 0 Å². The van der Waals surface area contributed by atoms with Crippen LogP contribution in [0.3, 0.4) is 0 Å². The van der Waals surface area contributed by atoms with Gasteiger partial charge in [0.15, 0.2) is 0 Å². The van der Waals surface area contributed by atoms with Crippen LogP contribution in [-0.4, -0.2) is 29.5 Å².